The highest BCUT2D eigenvalue weighted by molar-refractivity contribution is 4.98. The van der Waals surface area contributed by atoms with Gasteiger partial charge in [0.05, 0.1) is 0 Å². The van der Waals surface area contributed by atoms with Crippen LogP contribution in [-0.4, -0.2) is 36.6 Å². The van der Waals surface area contributed by atoms with Crippen LogP contribution in [0.3, 0.4) is 0 Å². The average molecular weight is 297 g/mol. The first-order chi connectivity index (χ1) is 10.1. The van der Waals surface area contributed by atoms with Crippen molar-refractivity contribution in [2.24, 2.45) is 5.41 Å². The molecular weight excluding hydrogens is 256 g/mol. The molecule has 2 atom stereocenters. The highest BCUT2D eigenvalue weighted by Gasteiger charge is 2.40. The molecule has 2 heteroatoms. The van der Waals surface area contributed by atoms with Gasteiger partial charge in [0.2, 0.25) is 0 Å². The maximum Gasteiger partial charge on any atom is 0.0274 e. The topological polar surface area (TPSA) is 15.3 Å². The molecule has 0 heterocycles. The van der Waals surface area contributed by atoms with Gasteiger partial charge in [-0.2, -0.15) is 0 Å². The fourth-order valence-corrected chi connectivity index (χ4v) is 3.88. The minimum atomic E-state index is 0.439. The van der Waals surface area contributed by atoms with E-state index in [-0.39, 0.29) is 0 Å². The Hall–Kier alpha value is -0.0800. The van der Waals surface area contributed by atoms with Crippen molar-refractivity contribution in [3.8, 4) is 0 Å². The van der Waals surface area contributed by atoms with Crippen LogP contribution in [0, 0.1) is 5.41 Å². The van der Waals surface area contributed by atoms with E-state index in [0.29, 0.717) is 11.5 Å². The predicted molar refractivity (Wildman–Crippen MR) is 94.9 cm³/mol. The van der Waals surface area contributed by atoms with Gasteiger partial charge >= 0.3 is 0 Å². The zero-order valence-electron chi connectivity index (χ0n) is 15.4. The summed E-state index contributed by atoms with van der Waals surface area (Å²) < 4.78 is 0. The summed E-state index contributed by atoms with van der Waals surface area (Å²) in [7, 11) is 0. The van der Waals surface area contributed by atoms with Crippen molar-refractivity contribution < 1.29 is 0 Å². The largest absolute Gasteiger partial charge is 0.312 e. The summed E-state index contributed by atoms with van der Waals surface area (Å²) in [4.78, 5) is 2.82. The molecule has 1 aliphatic carbocycles. The van der Waals surface area contributed by atoms with E-state index < -0.39 is 0 Å². The lowest BCUT2D eigenvalue weighted by Gasteiger charge is -2.49. The van der Waals surface area contributed by atoms with E-state index in [1.54, 1.807) is 0 Å². The second-order valence-corrected chi connectivity index (χ2v) is 7.62. The Labute approximate surface area is 134 Å². The SMILES string of the molecule is CCCCN(CCCC)C1CCCC(C)(C)C1NCCC. The Morgan fingerprint density at radius 2 is 1.62 bits per heavy atom. The van der Waals surface area contributed by atoms with Crippen LogP contribution in [-0.2, 0) is 0 Å². The van der Waals surface area contributed by atoms with E-state index in [1.807, 2.05) is 0 Å². The molecule has 0 aromatic carbocycles. The summed E-state index contributed by atoms with van der Waals surface area (Å²) in [5, 5.41) is 3.90. The van der Waals surface area contributed by atoms with Gasteiger partial charge in [0.25, 0.3) is 0 Å². The number of rotatable bonds is 10. The van der Waals surface area contributed by atoms with Crippen LogP contribution in [0.15, 0.2) is 0 Å². The Morgan fingerprint density at radius 3 is 2.14 bits per heavy atom. The van der Waals surface area contributed by atoms with Gasteiger partial charge in [-0.15, -0.1) is 0 Å². The first-order valence-electron chi connectivity index (χ1n) is 9.54. The van der Waals surface area contributed by atoms with Crippen molar-refractivity contribution >= 4 is 0 Å². The summed E-state index contributed by atoms with van der Waals surface area (Å²) in [5.74, 6) is 0. The number of nitrogens with zero attached hydrogens (tertiary/aromatic N) is 1. The maximum atomic E-state index is 3.90. The smallest absolute Gasteiger partial charge is 0.0274 e. The molecule has 1 fully saturated rings. The van der Waals surface area contributed by atoms with Crippen molar-refractivity contribution in [3.63, 3.8) is 0 Å². The van der Waals surface area contributed by atoms with Crippen molar-refractivity contribution in [1.82, 2.24) is 10.2 Å². The summed E-state index contributed by atoms with van der Waals surface area (Å²) in [6.45, 7) is 15.6. The van der Waals surface area contributed by atoms with Gasteiger partial charge in [0, 0.05) is 12.1 Å². The van der Waals surface area contributed by atoms with Crippen LogP contribution in [0.1, 0.15) is 86.0 Å². The van der Waals surface area contributed by atoms with Gasteiger partial charge in [0.1, 0.15) is 0 Å². The lowest BCUT2D eigenvalue weighted by Crippen LogP contribution is -2.59. The van der Waals surface area contributed by atoms with Crippen molar-refractivity contribution in [2.45, 2.75) is 98.1 Å². The summed E-state index contributed by atoms with van der Waals surface area (Å²) in [6.07, 6.45) is 10.7. The minimum absolute atomic E-state index is 0.439. The molecule has 1 N–H and O–H groups in total. The molecule has 0 radical (unpaired) electrons. The molecule has 2 unspecified atom stereocenters. The van der Waals surface area contributed by atoms with Crippen molar-refractivity contribution in [1.29, 1.82) is 0 Å². The molecule has 21 heavy (non-hydrogen) atoms. The van der Waals surface area contributed by atoms with Crippen LogP contribution in [0.5, 0.6) is 0 Å². The Bertz CT molecular complexity index is 254. The number of hydrogen-bond acceptors (Lipinski definition) is 2. The van der Waals surface area contributed by atoms with Gasteiger partial charge in [-0.3, -0.25) is 4.90 Å². The molecule has 2 nitrogen and oxygen atoms in total. The first kappa shape index (κ1) is 19.0. The van der Waals surface area contributed by atoms with E-state index in [1.165, 1.54) is 71.0 Å². The molecule has 126 valence electrons. The van der Waals surface area contributed by atoms with Crippen LogP contribution in [0.4, 0.5) is 0 Å². The van der Waals surface area contributed by atoms with E-state index >= 15 is 0 Å². The van der Waals surface area contributed by atoms with Gasteiger partial charge in [-0.1, -0.05) is 53.9 Å². The molecule has 0 spiro atoms. The maximum absolute atomic E-state index is 3.90. The summed E-state index contributed by atoms with van der Waals surface area (Å²) in [6, 6.07) is 1.42. The molecule has 0 bridgehead atoms. The highest BCUT2D eigenvalue weighted by atomic mass is 15.2. The molecule has 0 amide bonds. The molecule has 0 aromatic heterocycles. The van der Waals surface area contributed by atoms with Crippen molar-refractivity contribution in [2.75, 3.05) is 19.6 Å². The summed E-state index contributed by atoms with van der Waals surface area (Å²) >= 11 is 0. The van der Waals surface area contributed by atoms with E-state index in [4.69, 9.17) is 0 Å². The Balaban J connectivity index is 2.78. The molecule has 1 saturated carbocycles. The molecule has 0 aliphatic heterocycles. The van der Waals surface area contributed by atoms with Gasteiger partial charge in [0.15, 0.2) is 0 Å². The first-order valence-corrected chi connectivity index (χ1v) is 9.54. The minimum Gasteiger partial charge on any atom is -0.312 e. The number of nitrogens with one attached hydrogen (secondary N) is 1. The van der Waals surface area contributed by atoms with Crippen LogP contribution in [0.25, 0.3) is 0 Å². The fourth-order valence-electron chi connectivity index (χ4n) is 3.88. The van der Waals surface area contributed by atoms with Gasteiger partial charge in [-0.25, -0.2) is 0 Å². The molecule has 1 aliphatic rings. The van der Waals surface area contributed by atoms with Crippen LogP contribution >= 0.6 is 0 Å². The van der Waals surface area contributed by atoms with E-state index in [9.17, 15) is 0 Å². The molecule has 0 aromatic rings. The quantitative estimate of drug-likeness (QED) is 0.621. The van der Waals surface area contributed by atoms with Crippen molar-refractivity contribution in [3.05, 3.63) is 0 Å². The Kier molecular flexibility index (Phi) is 8.89. The third-order valence-corrected chi connectivity index (χ3v) is 5.23. The number of hydrogen-bond donors (Lipinski definition) is 1. The zero-order valence-corrected chi connectivity index (χ0v) is 15.4. The lowest BCUT2D eigenvalue weighted by molar-refractivity contribution is 0.0465. The van der Waals surface area contributed by atoms with Gasteiger partial charge in [-0.05, 0) is 57.2 Å². The zero-order chi connectivity index (χ0) is 15.7. The van der Waals surface area contributed by atoms with E-state index in [0.717, 1.165) is 6.04 Å². The van der Waals surface area contributed by atoms with Crippen LogP contribution < -0.4 is 5.32 Å². The van der Waals surface area contributed by atoms with Crippen LogP contribution in [0.2, 0.25) is 0 Å². The molecule has 1 rings (SSSR count). The molecular formula is C19H40N2. The second kappa shape index (κ2) is 9.84. The fraction of sp³-hybridized carbons (Fsp3) is 1.00. The highest BCUT2D eigenvalue weighted by Crippen LogP contribution is 2.38. The lowest BCUT2D eigenvalue weighted by atomic mass is 9.70. The second-order valence-electron chi connectivity index (χ2n) is 7.62. The third-order valence-electron chi connectivity index (χ3n) is 5.23. The molecule has 0 saturated heterocycles. The summed E-state index contributed by atoms with van der Waals surface area (Å²) in [5.41, 5.74) is 0.439. The predicted octanol–water partition coefficient (Wildman–Crippen LogP) is 4.84. The van der Waals surface area contributed by atoms with Gasteiger partial charge < -0.3 is 5.32 Å². The standard InChI is InChI=1S/C19H40N2/c1-6-9-15-21(16-10-7-2)17-12-11-13-19(4,5)18(17)20-14-8-3/h17-18,20H,6-16H2,1-5H3. The number of unbranched alkanes of at least 4 members (excludes halogenated alkanes) is 2. The Morgan fingerprint density at radius 1 is 1.00 bits per heavy atom. The monoisotopic (exact) mass is 296 g/mol. The normalized spacial score (nSPS) is 25.4. The average Bonchev–Trinajstić information content (AvgIpc) is 2.45. The third kappa shape index (κ3) is 5.90. The van der Waals surface area contributed by atoms with E-state index in [2.05, 4.69) is 44.8 Å².